The van der Waals surface area contributed by atoms with Crippen molar-refractivity contribution in [2.24, 2.45) is 0 Å². The second-order valence-corrected chi connectivity index (χ2v) is 10.9. The zero-order valence-corrected chi connectivity index (χ0v) is 19.4. The maximum atomic E-state index is 12.9. The summed E-state index contributed by atoms with van der Waals surface area (Å²) in [5.74, 6) is -0.906. The van der Waals surface area contributed by atoms with Crippen molar-refractivity contribution in [2.75, 3.05) is 0 Å². The van der Waals surface area contributed by atoms with Crippen LogP contribution < -0.4 is 4.74 Å². The number of aromatic carboxylic acids is 1. The molecule has 158 valence electrons. The lowest BCUT2D eigenvalue weighted by molar-refractivity contribution is 0.0691. The number of hydrogen-bond donors (Lipinski definition) is 1. The Labute approximate surface area is 185 Å². The van der Waals surface area contributed by atoms with Gasteiger partial charge in [-0.25, -0.2) is 9.59 Å². The molecule has 6 heteroatoms. The van der Waals surface area contributed by atoms with Crippen molar-refractivity contribution >= 4 is 33.5 Å². The van der Waals surface area contributed by atoms with E-state index < -0.39 is 11.9 Å². The van der Waals surface area contributed by atoms with E-state index in [-0.39, 0.29) is 11.0 Å². The van der Waals surface area contributed by atoms with Gasteiger partial charge in [0.15, 0.2) is 0 Å². The van der Waals surface area contributed by atoms with Crippen LogP contribution in [0, 0.1) is 13.8 Å². The number of carboxylic acid groups (broad SMARTS) is 1. The Morgan fingerprint density at radius 3 is 2.27 bits per heavy atom. The number of hydrogen-bond acceptors (Lipinski definition) is 5. The summed E-state index contributed by atoms with van der Waals surface area (Å²) in [6.07, 6.45) is 3.09. The van der Waals surface area contributed by atoms with Gasteiger partial charge >= 0.3 is 11.9 Å². The van der Waals surface area contributed by atoms with Gasteiger partial charge in [-0.2, -0.15) is 0 Å². The summed E-state index contributed by atoms with van der Waals surface area (Å²) in [5.41, 5.74) is 4.64. The normalized spacial score (nSPS) is 16.0. The van der Waals surface area contributed by atoms with Gasteiger partial charge in [0.2, 0.25) is 0 Å². The number of ether oxygens (including phenoxy) is 1. The first-order valence-electron chi connectivity index (χ1n) is 9.76. The van der Waals surface area contributed by atoms with Crippen molar-refractivity contribution in [3.8, 4) is 5.75 Å². The van der Waals surface area contributed by atoms with Crippen molar-refractivity contribution in [3.63, 3.8) is 0 Å². The molecule has 1 aliphatic heterocycles. The summed E-state index contributed by atoms with van der Waals surface area (Å²) in [6, 6.07) is 7.94. The number of carbonyl (C=O) groups is 2. The number of benzene rings is 2. The molecule has 1 aliphatic rings. The maximum Gasteiger partial charge on any atom is 0.343 e. The summed E-state index contributed by atoms with van der Waals surface area (Å²) in [5, 5.41) is 11.6. The van der Waals surface area contributed by atoms with Crippen molar-refractivity contribution in [1.29, 1.82) is 0 Å². The molecule has 1 atom stereocenters. The predicted octanol–water partition coefficient (Wildman–Crippen LogP) is 6.34. The van der Waals surface area contributed by atoms with E-state index in [2.05, 4.69) is 45.2 Å². The lowest BCUT2D eigenvalue weighted by Gasteiger charge is -2.27. The van der Waals surface area contributed by atoms with E-state index in [4.69, 9.17) is 9.84 Å². The highest BCUT2D eigenvalue weighted by molar-refractivity contribution is 8.78. The van der Waals surface area contributed by atoms with Crippen LogP contribution in [0.15, 0.2) is 41.8 Å². The zero-order valence-electron chi connectivity index (χ0n) is 17.8. The highest BCUT2D eigenvalue weighted by atomic mass is 33.1. The molecule has 2 aromatic carbocycles. The van der Waals surface area contributed by atoms with Gasteiger partial charge in [-0.1, -0.05) is 54.5 Å². The topological polar surface area (TPSA) is 63.6 Å². The van der Waals surface area contributed by atoms with Crippen LogP contribution in [0.2, 0.25) is 0 Å². The lowest BCUT2D eigenvalue weighted by Crippen LogP contribution is -2.19. The number of rotatable bonds is 5. The molecule has 1 N–H and O–H groups in total. The third-order valence-corrected chi connectivity index (χ3v) is 7.54. The molecule has 0 spiro atoms. The second kappa shape index (κ2) is 8.90. The van der Waals surface area contributed by atoms with Crippen LogP contribution >= 0.6 is 21.6 Å². The maximum absolute atomic E-state index is 12.9. The van der Waals surface area contributed by atoms with Crippen LogP contribution in [0.25, 0.3) is 0 Å². The average Bonchev–Trinajstić information content (AvgIpc) is 3.19. The molecule has 0 radical (unpaired) electrons. The van der Waals surface area contributed by atoms with Crippen LogP contribution in [0.4, 0.5) is 0 Å². The van der Waals surface area contributed by atoms with E-state index in [1.807, 2.05) is 17.7 Å². The van der Waals surface area contributed by atoms with Crippen LogP contribution in [0.3, 0.4) is 0 Å². The minimum absolute atomic E-state index is 0.135. The van der Waals surface area contributed by atoms with Crippen molar-refractivity contribution in [2.45, 2.75) is 51.7 Å². The van der Waals surface area contributed by atoms with Crippen LogP contribution in [-0.2, 0) is 11.8 Å². The number of carboxylic acids is 1. The Hall–Kier alpha value is -2.18. The summed E-state index contributed by atoms with van der Waals surface area (Å²) in [7, 11) is 3.58. The molecule has 0 fully saturated rings. The third-order valence-electron chi connectivity index (χ3n) is 5.18. The highest BCUT2D eigenvalue weighted by Crippen LogP contribution is 2.41. The lowest BCUT2D eigenvalue weighted by atomic mass is 9.82. The van der Waals surface area contributed by atoms with Gasteiger partial charge in [-0.05, 0) is 72.0 Å². The zero-order chi connectivity index (χ0) is 22.1. The monoisotopic (exact) mass is 442 g/mol. The molecule has 30 heavy (non-hydrogen) atoms. The van der Waals surface area contributed by atoms with Crippen LogP contribution in [0.1, 0.15) is 63.7 Å². The van der Waals surface area contributed by atoms with Gasteiger partial charge in [0.1, 0.15) is 5.75 Å². The van der Waals surface area contributed by atoms with E-state index >= 15 is 0 Å². The van der Waals surface area contributed by atoms with Crippen LogP contribution in [-0.4, -0.2) is 22.3 Å². The quantitative estimate of drug-likeness (QED) is 0.331. The standard InChI is InChI=1S/C24H26O4S2/c1-14-12-20(24(3,4)5)21(15(2)19(14)13-18-10-11-29-30-18)28-23(27)17-8-6-16(7-9-17)22(25)26/h6-12,18H,13H2,1-5H3,(H,25,26). The molecule has 0 saturated heterocycles. The molecule has 3 rings (SSSR count). The molecular formula is C24H26O4S2. The minimum atomic E-state index is -1.03. The Balaban J connectivity index is 1.99. The van der Waals surface area contributed by atoms with Crippen molar-refractivity contribution < 1.29 is 19.4 Å². The average molecular weight is 443 g/mol. The molecule has 4 nitrogen and oxygen atoms in total. The first-order chi connectivity index (χ1) is 14.1. The summed E-state index contributed by atoms with van der Waals surface area (Å²) in [6.45, 7) is 10.4. The molecule has 0 amide bonds. The smallest absolute Gasteiger partial charge is 0.343 e. The number of carbonyl (C=O) groups excluding carboxylic acids is 1. The first-order valence-corrected chi connectivity index (χ1v) is 12.0. The van der Waals surface area contributed by atoms with Gasteiger partial charge in [-0.15, -0.1) is 0 Å². The van der Waals surface area contributed by atoms with Crippen LogP contribution in [0.5, 0.6) is 5.75 Å². The Morgan fingerprint density at radius 2 is 1.73 bits per heavy atom. The fourth-order valence-corrected chi connectivity index (χ4v) is 5.61. The highest BCUT2D eigenvalue weighted by Gasteiger charge is 2.26. The Morgan fingerprint density at radius 1 is 1.10 bits per heavy atom. The Bertz CT molecular complexity index is 1000. The first kappa shape index (κ1) is 22.5. The molecule has 2 aromatic rings. The summed E-state index contributed by atoms with van der Waals surface area (Å²) >= 11 is 0. The molecule has 0 aromatic heterocycles. The van der Waals surface area contributed by atoms with E-state index in [1.165, 1.54) is 35.4 Å². The largest absolute Gasteiger partial charge is 0.478 e. The molecular weight excluding hydrogens is 416 g/mol. The van der Waals surface area contributed by atoms with Gasteiger partial charge in [0, 0.05) is 10.8 Å². The minimum Gasteiger partial charge on any atom is -0.478 e. The molecule has 0 bridgehead atoms. The summed E-state index contributed by atoms with van der Waals surface area (Å²) < 4.78 is 5.93. The van der Waals surface area contributed by atoms with E-state index in [9.17, 15) is 9.59 Å². The predicted molar refractivity (Wildman–Crippen MR) is 125 cm³/mol. The number of esters is 1. The molecule has 1 unspecified atom stereocenters. The van der Waals surface area contributed by atoms with E-state index in [0.29, 0.717) is 16.6 Å². The van der Waals surface area contributed by atoms with Gasteiger partial charge in [-0.3, -0.25) is 0 Å². The van der Waals surface area contributed by atoms with Crippen molar-refractivity contribution in [1.82, 2.24) is 0 Å². The molecule has 0 saturated carbocycles. The molecule has 1 heterocycles. The van der Waals surface area contributed by atoms with Gasteiger partial charge in [0.05, 0.1) is 11.1 Å². The SMILES string of the molecule is Cc1cc(C(C)(C)C)c(OC(=O)c2ccc(C(=O)O)cc2)c(C)c1CC1C=CSS1. The van der Waals surface area contributed by atoms with E-state index in [1.54, 1.807) is 10.8 Å². The van der Waals surface area contributed by atoms with Gasteiger partial charge in [0.25, 0.3) is 0 Å². The fourth-order valence-electron chi connectivity index (χ4n) is 3.47. The molecule has 0 aliphatic carbocycles. The van der Waals surface area contributed by atoms with Crippen molar-refractivity contribution in [3.05, 3.63) is 75.2 Å². The summed E-state index contributed by atoms with van der Waals surface area (Å²) in [4.78, 5) is 23.9. The third kappa shape index (κ3) is 4.93. The fraction of sp³-hybridized carbons (Fsp3) is 0.333. The number of aryl methyl sites for hydroxylation is 1. The van der Waals surface area contributed by atoms with E-state index in [0.717, 1.165) is 17.5 Å². The second-order valence-electron chi connectivity index (χ2n) is 8.46. The Kier molecular flexibility index (Phi) is 6.68. The van der Waals surface area contributed by atoms with Gasteiger partial charge < -0.3 is 9.84 Å².